The number of unbranched alkanes of at least 4 members (excludes halogenated alkanes) is 3. The molecular formula is C17H24F2N2O. The molecule has 5 heteroatoms. The van der Waals surface area contributed by atoms with Gasteiger partial charge in [-0.25, -0.2) is 8.78 Å². The van der Waals surface area contributed by atoms with Crippen LogP contribution in [0, 0.1) is 11.6 Å². The van der Waals surface area contributed by atoms with Crippen molar-refractivity contribution in [2.75, 3.05) is 6.54 Å². The second-order valence-corrected chi connectivity index (χ2v) is 5.94. The highest BCUT2D eigenvalue weighted by Crippen LogP contribution is 2.30. The molecule has 2 rings (SSSR count). The van der Waals surface area contributed by atoms with Gasteiger partial charge in [0.1, 0.15) is 11.6 Å². The van der Waals surface area contributed by atoms with Gasteiger partial charge in [-0.15, -0.1) is 0 Å². The maximum Gasteiger partial charge on any atom is 0.223 e. The van der Waals surface area contributed by atoms with Crippen LogP contribution in [0.1, 0.15) is 50.5 Å². The summed E-state index contributed by atoms with van der Waals surface area (Å²) in [6.45, 7) is 0.921. The standard InChI is InChI=1S/C17H24F2N2O/c18-14-7-6-13(16(19)11-14)12-21(15-8-9-15)17(22)5-3-1-2-4-10-20/h6-7,11,15H,1-5,8-10,12,20H2. The van der Waals surface area contributed by atoms with E-state index in [1.165, 1.54) is 12.1 Å². The Labute approximate surface area is 130 Å². The predicted molar refractivity (Wildman–Crippen MR) is 82.1 cm³/mol. The van der Waals surface area contributed by atoms with E-state index in [2.05, 4.69) is 0 Å². The van der Waals surface area contributed by atoms with Crippen LogP contribution in [-0.2, 0) is 11.3 Å². The quantitative estimate of drug-likeness (QED) is 0.711. The van der Waals surface area contributed by atoms with Gasteiger partial charge in [-0.3, -0.25) is 4.79 Å². The highest BCUT2D eigenvalue weighted by molar-refractivity contribution is 5.76. The second-order valence-electron chi connectivity index (χ2n) is 5.94. The zero-order valence-corrected chi connectivity index (χ0v) is 12.9. The molecule has 1 saturated carbocycles. The number of rotatable bonds is 9. The summed E-state index contributed by atoms with van der Waals surface area (Å²) in [6.07, 6.45) is 6.30. The number of benzene rings is 1. The van der Waals surface area contributed by atoms with Crippen molar-refractivity contribution >= 4 is 5.91 Å². The van der Waals surface area contributed by atoms with Crippen molar-refractivity contribution in [2.45, 2.75) is 57.5 Å². The Morgan fingerprint density at radius 2 is 1.91 bits per heavy atom. The summed E-state index contributed by atoms with van der Waals surface area (Å²) in [4.78, 5) is 14.1. The maximum absolute atomic E-state index is 13.8. The van der Waals surface area contributed by atoms with E-state index in [1.54, 1.807) is 4.90 Å². The summed E-state index contributed by atoms with van der Waals surface area (Å²) in [5.41, 5.74) is 5.82. The molecule has 22 heavy (non-hydrogen) atoms. The first-order valence-corrected chi connectivity index (χ1v) is 8.05. The SMILES string of the molecule is NCCCCCCC(=O)N(Cc1ccc(F)cc1F)C1CC1. The summed E-state index contributed by atoms with van der Waals surface area (Å²) >= 11 is 0. The van der Waals surface area contributed by atoms with Gasteiger partial charge in [-0.2, -0.15) is 0 Å². The number of hydrogen-bond donors (Lipinski definition) is 1. The number of amides is 1. The molecule has 0 radical (unpaired) electrons. The van der Waals surface area contributed by atoms with Gasteiger partial charge in [0.05, 0.1) is 0 Å². The van der Waals surface area contributed by atoms with E-state index in [1.807, 2.05) is 0 Å². The minimum absolute atomic E-state index is 0.0685. The average Bonchev–Trinajstić information content (AvgIpc) is 3.30. The van der Waals surface area contributed by atoms with Crippen molar-refractivity contribution < 1.29 is 13.6 Å². The van der Waals surface area contributed by atoms with Crippen LogP contribution in [0.4, 0.5) is 8.78 Å². The van der Waals surface area contributed by atoms with Gasteiger partial charge >= 0.3 is 0 Å². The van der Waals surface area contributed by atoms with E-state index in [-0.39, 0.29) is 18.5 Å². The first-order valence-electron chi connectivity index (χ1n) is 8.05. The largest absolute Gasteiger partial charge is 0.335 e. The van der Waals surface area contributed by atoms with Gasteiger partial charge in [0.2, 0.25) is 5.91 Å². The van der Waals surface area contributed by atoms with Gasteiger partial charge in [-0.1, -0.05) is 18.9 Å². The van der Waals surface area contributed by atoms with Crippen LogP contribution in [0.5, 0.6) is 0 Å². The van der Waals surface area contributed by atoms with Crippen molar-refractivity contribution in [2.24, 2.45) is 5.73 Å². The molecule has 1 aromatic rings. The smallest absolute Gasteiger partial charge is 0.223 e. The van der Waals surface area contributed by atoms with Crippen LogP contribution >= 0.6 is 0 Å². The Morgan fingerprint density at radius 1 is 1.18 bits per heavy atom. The molecule has 122 valence electrons. The van der Waals surface area contributed by atoms with E-state index in [0.717, 1.165) is 44.6 Å². The molecule has 0 aromatic heterocycles. The minimum Gasteiger partial charge on any atom is -0.335 e. The monoisotopic (exact) mass is 310 g/mol. The van der Waals surface area contributed by atoms with Crippen molar-refractivity contribution in [3.63, 3.8) is 0 Å². The molecule has 0 heterocycles. The molecule has 3 nitrogen and oxygen atoms in total. The molecule has 0 atom stereocenters. The highest BCUT2D eigenvalue weighted by atomic mass is 19.1. The molecule has 0 bridgehead atoms. The lowest BCUT2D eigenvalue weighted by Crippen LogP contribution is -2.32. The van der Waals surface area contributed by atoms with Crippen LogP contribution in [0.2, 0.25) is 0 Å². The normalized spacial score (nSPS) is 14.1. The zero-order valence-electron chi connectivity index (χ0n) is 12.9. The number of nitrogens with two attached hydrogens (primary N) is 1. The molecule has 0 spiro atoms. The summed E-state index contributed by atoms with van der Waals surface area (Å²) in [6, 6.07) is 3.76. The topological polar surface area (TPSA) is 46.3 Å². The van der Waals surface area contributed by atoms with Crippen LogP contribution in [-0.4, -0.2) is 23.4 Å². The highest BCUT2D eigenvalue weighted by Gasteiger charge is 2.32. The molecule has 1 aliphatic rings. The third-order valence-corrected chi connectivity index (χ3v) is 4.01. The van der Waals surface area contributed by atoms with Crippen LogP contribution in [0.25, 0.3) is 0 Å². The summed E-state index contributed by atoms with van der Waals surface area (Å²) in [7, 11) is 0. The molecule has 1 amide bonds. The molecule has 0 unspecified atom stereocenters. The second kappa shape index (κ2) is 8.22. The molecule has 0 aliphatic heterocycles. The maximum atomic E-state index is 13.8. The van der Waals surface area contributed by atoms with Gasteiger partial charge in [0, 0.05) is 30.6 Å². The van der Waals surface area contributed by atoms with Crippen molar-refractivity contribution in [3.05, 3.63) is 35.4 Å². The fourth-order valence-corrected chi connectivity index (χ4v) is 2.56. The van der Waals surface area contributed by atoms with E-state index >= 15 is 0 Å². The number of carbonyl (C=O) groups is 1. The van der Waals surface area contributed by atoms with Crippen LogP contribution in [0.15, 0.2) is 18.2 Å². The average molecular weight is 310 g/mol. The van der Waals surface area contributed by atoms with Gasteiger partial charge in [0.25, 0.3) is 0 Å². The Kier molecular flexibility index (Phi) is 6.31. The minimum atomic E-state index is -0.592. The first kappa shape index (κ1) is 16.9. The third kappa shape index (κ3) is 5.05. The number of carbonyl (C=O) groups excluding carboxylic acids is 1. The van der Waals surface area contributed by atoms with Crippen LogP contribution < -0.4 is 5.73 Å². The molecule has 1 fully saturated rings. The van der Waals surface area contributed by atoms with Crippen LogP contribution in [0.3, 0.4) is 0 Å². The van der Waals surface area contributed by atoms with Gasteiger partial charge in [0.15, 0.2) is 0 Å². The lowest BCUT2D eigenvalue weighted by Gasteiger charge is -2.23. The summed E-state index contributed by atoms with van der Waals surface area (Å²) < 4.78 is 26.7. The van der Waals surface area contributed by atoms with E-state index in [9.17, 15) is 13.6 Å². The molecule has 0 saturated heterocycles. The number of nitrogens with zero attached hydrogens (tertiary/aromatic N) is 1. The summed E-state index contributed by atoms with van der Waals surface area (Å²) in [5, 5.41) is 0. The Hall–Kier alpha value is -1.49. The lowest BCUT2D eigenvalue weighted by molar-refractivity contribution is -0.132. The molecule has 1 aliphatic carbocycles. The number of hydrogen-bond acceptors (Lipinski definition) is 2. The molecular weight excluding hydrogens is 286 g/mol. The zero-order chi connectivity index (χ0) is 15.9. The molecule has 2 N–H and O–H groups in total. The van der Waals surface area contributed by atoms with Crippen molar-refractivity contribution in [3.8, 4) is 0 Å². The first-order chi connectivity index (χ1) is 10.6. The van der Waals surface area contributed by atoms with Crippen molar-refractivity contribution in [1.82, 2.24) is 4.90 Å². The Morgan fingerprint density at radius 3 is 2.55 bits per heavy atom. The van der Waals surface area contributed by atoms with E-state index < -0.39 is 11.6 Å². The van der Waals surface area contributed by atoms with E-state index in [0.29, 0.717) is 18.5 Å². The van der Waals surface area contributed by atoms with Crippen molar-refractivity contribution in [1.29, 1.82) is 0 Å². The third-order valence-electron chi connectivity index (χ3n) is 4.01. The fourth-order valence-electron chi connectivity index (χ4n) is 2.56. The van der Waals surface area contributed by atoms with Gasteiger partial charge < -0.3 is 10.6 Å². The predicted octanol–water partition coefficient (Wildman–Crippen LogP) is 3.37. The fraction of sp³-hybridized carbons (Fsp3) is 0.588. The molecule has 1 aromatic carbocycles. The number of halogens is 2. The summed E-state index contributed by atoms with van der Waals surface area (Å²) in [5.74, 6) is -1.11. The van der Waals surface area contributed by atoms with E-state index in [4.69, 9.17) is 5.73 Å². The lowest BCUT2D eigenvalue weighted by atomic mass is 10.1. The Bertz CT molecular complexity index is 503. The Balaban J connectivity index is 1.88. The van der Waals surface area contributed by atoms with Gasteiger partial charge in [-0.05, 0) is 38.3 Å².